The first-order chi connectivity index (χ1) is 9.12. The minimum Gasteiger partial charge on any atom is -0.345 e. The quantitative estimate of drug-likeness (QED) is 0.695. The van der Waals surface area contributed by atoms with E-state index in [1.54, 1.807) is 0 Å². The fourth-order valence-corrected chi connectivity index (χ4v) is 2.65. The summed E-state index contributed by atoms with van der Waals surface area (Å²) in [7, 11) is 0. The average Bonchev–Trinajstić information content (AvgIpc) is 2.82. The van der Waals surface area contributed by atoms with Crippen molar-refractivity contribution in [3.63, 3.8) is 0 Å². The zero-order chi connectivity index (χ0) is 14.1. The second kappa shape index (κ2) is 7.48. The third-order valence-electron chi connectivity index (χ3n) is 3.51. The molecule has 2 amide bonds. The van der Waals surface area contributed by atoms with E-state index in [0.717, 1.165) is 25.7 Å². The van der Waals surface area contributed by atoms with Gasteiger partial charge in [-0.25, -0.2) is 0 Å². The van der Waals surface area contributed by atoms with Crippen LogP contribution in [-0.2, 0) is 9.59 Å². The van der Waals surface area contributed by atoms with Gasteiger partial charge in [-0.15, -0.1) is 12.8 Å². The van der Waals surface area contributed by atoms with E-state index in [9.17, 15) is 9.59 Å². The van der Waals surface area contributed by atoms with E-state index in [0.29, 0.717) is 12.8 Å². The molecule has 1 rings (SSSR count). The van der Waals surface area contributed by atoms with E-state index >= 15 is 0 Å². The molecule has 1 saturated carbocycles. The molecule has 0 aromatic heterocycles. The first kappa shape index (κ1) is 15.1. The lowest BCUT2D eigenvalue weighted by Gasteiger charge is -2.27. The highest BCUT2D eigenvalue weighted by molar-refractivity contribution is 5.80. The van der Waals surface area contributed by atoms with E-state index in [4.69, 9.17) is 12.8 Å². The second-order valence-corrected chi connectivity index (χ2v) is 5.02. The van der Waals surface area contributed by atoms with Crippen LogP contribution < -0.4 is 10.6 Å². The van der Waals surface area contributed by atoms with Gasteiger partial charge >= 0.3 is 0 Å². The maximum absolute atomic E-state index is 11.8. The number of terminal acetylenes is 2. The van der Waals surface area contributed by atoms with Gasteiger partial charge in [0.1, 0.15) is 0 Å². The summed E-state index contributed by atoms with van der Waals surface area (Å²) >= 11 is 0. The number of hydrogen-bond acceptors (Lipinski definition) is 2. The molecule has 0 spiro atoms. The lowest BCUT2D eigenvalue weighted by atomic mass is 9.79. The van der Waals surface area contributed by atoms with Crippen molar-refractivity contribution in [3.05, 3.63) is 0 Å². The van der Waals surface area contributed by atoms with Gasteiger partial charge in [0.2, 0.25) is 11.8 Å². The van der Waals surface area contributed by atoms with E-state index in [-0.39, 0.29) is 30.3 Å². The summed E-state index contributed by atoms with van der Waals surface area (Å²) in [5.41, 5.74) is -0.225. The maximum atomic E-state index is 11.8. The molecule has 0 atom stereocenters. The molecule has 0 aromatic rings. The zero-order valence-corrected chi connectivity index (χ0v) is 11.1. The molecule has 0 unspecified atom stereocenters. The Morgan fingerprint density at radius 2 is 1.37 bits per heavy atom. The molecule has 1 aliphatic rings. The maximum Gasteiger partial charge on any atom is 0.221 e. The number of amides is 2. The minimum atomic E-state index is -0.225. The van der Waals surface area contributed by atoms with E-state index in [2.05, 4.69) is 22.5 Å². The SMILES string of the molecule is C#CCNC(=O)CC1(CC(=O)NCC#C)CCCC1. The van der Waals surface area contributed by atoms with Crippen molar-refractivity contribution in [2.75, 3.05) is 13.1 Å². The summed E-state index contributed by atoms with van der Waals surface area (Å²) < 4.78 is 0. The molecule has 0 saturated heterocycles. The zero-order valence-electron chi connectivity index (χ0n) is 11.1. The fourth-order valence-electron chi connectivity index (χ4n) is 2.65. The molecule has 4 nitrogen and oxygen atoms in total. The molecule has 2 N–H and O–H groups in total. The lowest BCUT2D eigenvalue weighted by Crippen LogP contribution is -2.35. The van der Waals surface area contributed by atoms with Gasteiger partial charge in [0.05, 0.1) is 13.1 Å². The highest BCUT2D eigenvalue weighted by Crippen LogP contribution is 2.43. The highest BCUT2D eigenvalue weighted by Gasteiger charge is 2.37. The van der Waals surface area contributed by atoms with Gasteiger partial charge in [0.25, 0.3) is 0 Å². The van der Waals surface area contributed by atoms with Gasteiger partial charge in [-0.3, -0.25) is 9.59 Å². The van der Waals surface area contributed by atoms with Gasteiger partial charge in [-0.1, -0.05) is 24.7 Å². The fraction of sp³-hybridized carbons (Fsp3) is 0.600. The Kier molecular flexibility index (Phi) is 5.96. The molecule has 19 heavy (non-hydrogen) atoms. The molecule has 1 fully saturated rings. The predicted octanol–water partition coefficient (Wildman–Crippen LogP) is 0.826. The number of carbonyl (C=O) groups is 2. The monoisotopic (exact) mass is 260 g/mol. The highest BCUT2D eigenvalue weighted by atomic mass is 16.2. The van der Waals surface area contributed by atoms with Gasteiger partial charge < -0.3 is 10.6 Å². The van der Waals surface area contributed by atoms with Crippen LogP contribution in [0.4, 0.5) is 0 Å². The number of nitrogens with one attached hydrogen (secondary N) is 2. The van der Waals surface area contributed by atoms with Crippen molar-refractivity contribution < 1.29 is 9.59 Å². The number of hydrogen-bond donors (Lipinski definition) is 2. The summed E-state index contributed by atoms with van der Waals surface area (Å²) in [5, 5.41) is 5.32. The summed E-state index contributed by atoms with van der Waals surface area (Å²) in [6, 6.07) is 0. The van der Waals surface area contributed by atoms with Crippen molar-refractivity contribution >= 4 is 11.8 Å². The van der Waals surface area contributed by atoms with Crippen LogP contribution in [0.2, 0.25) is 0 Å². The standard InChI is InChI=1S/C15H20N2O2/c1-3-9-16-13(18)11-15(7-5-6-8-15)12-14(19)17-10-4-2/h1-2H,5-12H2,(H,16,18)(H,17,19). The number of carbonyl (C=O) groups excluding carboxylic acids is 2. The van der Waals surface area contributed by atoms with Crippen molar-refractivity contribution in [3.8, 4) is 24.7 Å². The Morgan fingerprint density at radius 1 is 0.947 bits per heavy atom. The number of rotatable bonds is 6. The Hall–Kier alpha value is -1.94. The van der Waals surface area contributed by atoms with E-state index < -0.39 is 0 Å². The van der Waals surface area contributed by atoms with Crippen LogP contribution in [-0.4, -0.2) is 24.9 Å². The van der Waals surface area contributed by atoms with Crippen LogP contribution in [0, 0.1) is 30.1 Å². The Bertz CT molecular complexity index is 375. The van der Waals surface area contributed by atoms with Gasteiger partial charge in [0.15, 0.2) is 0 Å². The first-order valence-corrected chi connectivity index (χ1v) is 6.52. The van der Waals surface area contributed by atoms with Crippen LogP contribution in [0.5, 0.6) is 0 Å². The molecule has 1 aliphatic carbocycles. The van der Waals surface area contributed by atoms with Crippen molar-refractivity contribution in [1.29, 1.82) is 0 Å². The Balaban J connectivity index is 2.55. The lowest BCUT2D eigenvalue weighted by molar-refractivity contribution is -0.126. The van der Waals surface area contributed by atoms with E-state index in [1.165, 1.54) is 0 Å². The van der Waals surface area contributed by atoms with Crippen molar-refractivity contribution in [2.24, 2.45) is 5.41 Å². The van der Waals surface area contributed by atoms with Crippen LogP contribution in [0.3, 0.4) is 0 Å². The molecule has 0 bridgehead atoms. The van der Waals surface area contributed by atoms with Crippen molar-refractivity contribution in [2.45, 2.75) is 38.5 Å². The van der Waals surface area contributed by atoms with Crippen LogP contribution in [0.15, 0.2) is 0 Å². The third kappa shape index (κ3) is 5.06. The normalized spacial score (nSPS) is 16.1. The van der Waals surface area contributed by atoms with E-state index in [1.807, 2.05) is 0 Å². The summed E-state index contributed by atoms with van der Waals surface area (Å²) in [4.78, 5) is 23.6. The molecular formula is C15H20N2O2. The molecule has 0 heterocycles. The summed E-state index contributed by atoms with van der Waals surface area (Å²) in [6.07, 6.45) is 14.9. The predicted molar refractivity (Wildman–Crippen MR) is 73.8 cm³/mol. The molecule has 102 valence electrons. The molecule has 0 aromatic carbocycles. The van der Waals surface area contributed by atoms with Crippen LogP contribution in [0.1, 0.15) is 38.5 Å². The van der Waals surface area contributed by atoms with Gasteiger partial charge in [-0.2, -0.15) is 0 Å². The van der Waals surface area contributed by atoms with Gasteiger partial charge in [-0.05, 0) is 18.3 Å². The summed E-state index contributed by atoms with van der Waals surface area (Å²) in [6.45, 7) is 0.469. The second-order valence-electron chi connectivity index (χ2n) is 5.02. The topological polar surface area (TPSA) is 58.2 Å². The Morgan fingerprint density at radius 3 is 1.74 bits per heavy atom. The third-order valence-corrected chi connectivity index (χ3v) is 3.51. The average molecular weight is 260 g/mol. The Labute approximate surface area is 114 Å². The molecule has 0 radical (unpaired) electrons. The van der Waals surface area contributed by atoms with Crippen molar-refractivity contribution in [1.82, 2.24) is 10.6 Å². The smallest absolute Gasteiger partial charge is 0.221 e. The van der Waals surface area contributed by atoms with Crippen LogP contribution >= 0.6 is 0 Å². The molecule has 0 aliphatic heterocycles. The molecule has 4 heteroatoms. The summed E-state index contributed by atoms with van der Waals surface area (Å²) in [5.74, 6) is 4.58. The van der Waals surface area contributed by atoms with Crippen LogP contribution in [0.25, 0.3) is 0 Å². The largest absolute Gasteiger partial charge is 0.345 e. The first-order valence-electron chi connectivity index (χ1n) is 6.52. The molecular weight excluding hydrogens is 240 g/mol. The minimum absolute atomic E-state index is 0.0791. The van der Waals surface area contributed by atoms with Gasteiger partial charge in [0, 0.05) is 12.8 Å².